The third-order valence-electron chi connectivity index (χ3n) is 4.94. The van der Waals surface area contributed by atoms with Gasteiger partial charge in [-0.3, -0.25) is 0 Å². The Bertz CT molecular complexity index is 1260. The number of nitrogens with two attached hydrogens (primary N) is 1. The Labute approximate surface area is 158 Å². The van der Waals surface area contributed by atoms with Crippen LogP contribution in [0.2, 0.25) is 0 Å². The number of H-pyrrole nitrogens is 1. The molecule has 0 spiro atoms. The number of fused-ring (bicyclic) bond motifs is 3. The van der Waals surface area contributed by atoms with Crippen LogP contribution in [0.25, 0.3) is 21.8 Å². The van der Waals surface area contributed by atoms with Crippen molar-refractivity contribution in [1.29, 1.82) is 0 Å². The van der Waals surface area contributed by atoms with E-state index in [2.05, 4.69) is 42.3 Å². The third kappa shape index (κ3) is 3.18. The summed E-state index contributed by atoms with van der Waals surface area (Å²) in [6.07, 6.45) is 0. The van der Waals surface area contributed by atoms with Gasteiger partial charge in [-0.25, -0.2) is 13.6 Å². The summed E-state index contributed by atoms with van der Waals surface area (Å²) in [7, 11) is -3.66. The average molecular weight is 379 g/mol. The van der Waals surface area contributed by atoms with Gasteiger partial charge >= 0.3 is 0 Å². The number of aryl methyl sites for hydroxylation is 2. The lowest BCUT2D eigenvalue weighted by Gasteiger charge is -2.08. The number of primary sulfonamides is 1. The molecule has 0 saturated carbocycles. The maximum atomic E-state index is 11.4. The van der Waals surface area contributed by atoms with Crippen LogP contribution in [-0.4, -0.2) is 13.4 Å². The van der Waals surface area contributed by atoms with Gasteiger partial charge in [0.15, 0.2) is 0 Å². The van der Waals surface area contributed by atoms with Gasteiger partial charge in [-0.15, -0.1) is 0 Å². The van der Waals surface area contributed by atoms with Crippen molar-refractivity contribution in [3.8, 4) is 0 Å². The smallest absolute Gasteiger partial charge is 0.238 e. The molecular formula is C21H21N3O2S. The third-order valence-corrected chi connectivity index (χ3v) is 5.87. The first-order chi connectivity index (χ1) is 12.8. The number of anilines is 1. The molecule has 0 bridgehead atoms. The molecule has 6 heteroatoms. The number of aromatic nitrogens is 1. The highest BCUT2D eigenvalue weighted by atomic mass is 32.2. The second-order valence-electron chi connectivity index (χ2n) is 6.85. The van der Waals surface area contributed by atoms with E-state index in [0.29, 0.717) is 6.54 Å². The van der Waals surface area contributed by atoms with Crippen molar-refractivity contribution in [3.05, 3.63) is 71.3 Å². The fourth-order valence-corrected chi connectivity index (χ4v) is 4.00. The largest absolute Gasteiger partial charge is 0.379 e. The van der Waals surface area contributed by atoms with Crippen LogP contribution < -0.4 is 10.5 Å². The zero-order valence-corrected chi connectivity index (χ0v) is 16.0. The maximum absolute atomic E-state index is 11.4. The lowest BCUT2D eigenvalue weighted by Crippen LogP contribution is -2.12. The van der Waals surface area contributed by atoms with Gasteiger partial charge in [0.1, 0.15) is 0 Å². The molecule has 0 saturated heterocycles. The fourth-order valence-electron chi connectivity index (χ4n) is 3.48. The van der Waals surface area contributed by atoms with Crippen LogP contribution in [0, 0.1) is 13.8 Å². The quantitative estimate of drug-likeness (QED) is 0.497. The van der Waals surface area contributed by atoms with Crippen molar-refractivity contribution in [2.24, 2.45) is 5.14 Å². The zero-order valence-electron chi connectivity index (χ0n) is 15.2. The number of aromatic amines is 1. The first-order valence-electron chi connectivity index (χ1n) is 8.71. The molecule has 4 N–H and O–H groups in total. The van der Waals surface area contributed by atoms with E-state index in [1.54, 1.807) is 12.1 Å². The molecule has 0 aliphatic carbocycles. The Balaban J connectivity index is 1.68. The molecule has 0 radical (unpaired) electrons. The highest BCUT2D eigenvalue weighted by Crippen LogP contribution is 2.34. The summed E-state index contributed by atoms with van der Waals surface area (Å²) in [5, 5.41) is 11.0. The van der Waals surface area contributed by atoms with Crippen molar-refractivity contribution in [1.82, 2.24) is 4.98 Å². The predicted octanol–water partition coefficient (Wildman–Crippen LogP) is 4.20. The molecule has 27 heavy (non-hydrogen) atoms. The Morgan fingerprint density at radius 3 is 2.33 bits per heavy atom. The SMILES string of the molecule is Cc1ccc(C)c2c1[nH]c1c(NCc3ccc(S(N)(=O)=O)cc3)cccc12. The van der Waals surface area contributed by atoms with E-state index in [1.165, 1.54) is 34.0 Å². The summed E-state index contributed by atoms with van der Waals surface area (Å²) >= 11 is 0. The van der Waals surface area contributed by atoms with Crippen molar-refractivity contribution >= 4 is 37.5 Å². The van der Waals surface area contributed by atoms with Crippen molar-refractivity contribution < 1.29 is 8.42 Å². The Kier molecular flexibility index (Phi) is 4.17. The number of hydrogen-bond donors (Lipinski definition) is 3. The van der Waals surface area contributed by atoms with Gasteiger partial charge in [0, 0.05) is 22.8 Å². The number of nitrogens with one attached hydrogen (secondary N) is 2. The average Bonchev–Trinajstić information content (AvgIpc) is 3.04. The Morgan fingerprint density at radius 1 is 0.926 bits per heavy atom. The summed E-state index contributed by atoms with van der Waals surface area (Å²) in [5.41, 5.74) is 6.69. The van der Waals surface area contributed by atoms with E-state index in [1.807, 2.05) is 12.1 Å². The molecule has 0 aliphatic heterocycles. The monoisotopic (exact) mass is 379 g/mol. The van der Waals surface area contributed by atoms with Gasteiger partial charge in [-0.05, 0) is 48.7 Å². The van der Waals surface area contributed by atoms with Gasteiger partial charge in [0.05, 0.1) is 16.1 Å². The summed E-state index contributed by atoms with van der Waals surface area (Å²) in [4.78, 5) is 3.68. The van der Waals surface area contributed by atoms with Crippen LogP contribution in [0.3, 0.4) is 0 Å². The van der Waals surface area contributed by atoms with Gasteiger partial charge in [-0.2, -0.15) is 0 Å². The summed E-state index contributed by atoms with van der Waals surface area (Å²) in [6, 6.07) is 17.1. The predicted molar refractivity (Wildman–Crippen MR) is 110 cm³/mol. The summed E-state index contributed by atoms with van der Waals surface area (Å²) < 4.78 is 22.7. The number of para-hydroxylation sites is 1. The van der Waals surface area contributed by atoms with E-state index < -0.39 is 10.0 Å². The molecule has 138 valence electrons. The van der Waals surface area contributed by atoms with E-state index >= 15 is 0 Å². The first-order valence-corrected chi connectivity index (χ1v) is 10.3. The minimum Gasteiger partial charge on any atom is -0.379 e. The first kappa shape index (κ1) is 17.6. The molecule has 0 amide bonds. The van der Waals surface area contributed by atoms with E-state index in [9.17, 15) is 8.42 Å². The zero-order chi connectivity index (χ0) is 19.2. The minimum absolute atomic E-state index is 0.120. The maximum Gasteiger partial charge on any atom is 0.238 e. The van der Waals surface area contributed by atoms with Crippen LogP contribution >= 0.6 is 0 Å². The topological polar surface area (TPSA) is 88.0 Å². The standard InChI is InChI=1S/C21H21N3O2S/c1-13-6-7-14(2)20-19(13)17-4-3-5-18(21(17)24-20)23-12-15-8-10-16(11-9-15)27(22,25)26/h3-11,23-24H,12H2,1-2H3,(H2,22,25,26). The van der Waals surface area contributed by atoms with Crippen LogP contribution in [0.5, 0.6) is 0 Å². The number of hydrogen-bond acceptors (Lipinski definition) is 3. The van der Waals surface area contributed by atoms with Crippen molar-refractivity contribution in [2.45, 2.75) is 25.3 Å². The normalized spacial score (nSPS) is 12.0. The van der Waals surface area contributed by atoms with Gasteiger partial charge in [0.25, 0.3) is 0 Å². The van der Waals surface area contributed by atoms with Crippen LogP contribution in [-0.2, 0) is 16.6 Å². The van der Waals surface area contributed by atoms with Crippen LogP contribution in [0.1, 0.15) is 16.7 Å². The summed E-state index contributed by atoms with van der Waals surface area (Å²) in [6.45, 7) is 4.82. The van der Waals surface area contributed by atoms with E-state index in [4.69, 9.17) is 5.14 Å². The molecule has 1 heterocycles. The molecule has 0 unspecified atom stereocenters. The van der Waals surface area contributed by atoms with E-state index in [0.717, 1.165) is 22.3 Å². The molecule has 0 atom stereocenters. The van der Waals surface area contributed by atoms with Crippen molar-refractivity contribution in [2.75, 3.05) is 5.32 Å². The second-order valence-corrected chi connectivity index (χ2v) is 8.41. The molecule has 0 fully saturated rings. The molecule has 5 nitrogen and oxygen atoms in total. The Morgan fingerprint density at radius 2 is 1.63 bits per heavy atom. The highest BCUT2D eigenvalue weighted by Gasteiger charge is 2.12. The molecule has 4 rings (SSSR count). The van der Waals surface area contributed by atoms with Crippen LogP contribution in [0.15, 0.2) is 59.5 Å². The second kappa shape index (κ2) is 6.40. The molecule has 3 aromatic carbocycles. The highest BCUT2D eigenvalue weighted by molar-refractivity contribution is 7.89. The molecule has 0 aliphatic rings. The van der Waals surface area contributed by atoms with Crippen LogP contribution in [0.4, 0.5) is 5.69 Å². The number of rotatable bonds is 4. The minimum atomic E-state index is -3.66. The molecular weight excluding hydrogens is 358 g/mol. The Hall–Kier alpha value is -2.83. The fraction of sp³-hybridized carbons (Fsp3) is 0.143. The van der Waals surface area contributed by atoms with Gasteiger partial charge in [0.2, 0.25) is 10.0 Å². The molecule has 4 aromatic rings. The molecule has 1 aromatic heterocycles. The van der Waals surface area contributed by atoms with E-state index in [-0.39, 0.29) is 4.90 Å². The van der Waals surface area contributed by atoms with Gasteiger partial charge in [-0.1, -0.05) is 36.4 Å². The lowest BCUT2D eigenvalue weighted by molar-refractivity contribution is 0.598. The lowest BCUT2D eigenvalue weighted by atomic mass is 10.0. The summed E-state index contributed by atoms with van der Waals surface area (Å²) in [5.74, 6) is 0. The van der Waals surface area contributed by atoms with Gasteiger partial charge < -0.3 is 10.3 Å². The number of benzene rings is 3. The van der Waals surface area contributed by atoms with Crippen molar-refractivity contribution in [3.63, 3.8) is 0 Å². The number of sulfonamides is 1.